The van der Waals surface area contributed by atoms with Crippen molar-refractivity contribution < 1.29 is 24.5 Å². The SMILES string of the molecule is O=C(O)C(=O)O.c1ccc(-c2ccccc2OCCN2CCCCC2)cc1. The smallest absolute Gasteiger partial charge is 0.414 e. The van der Waals surface area contributed by atoms with Crippen LogP contribution in [0.4, 0.5) is 0 Å². The third-order valence-corrected chi connectivity index (χ3v) is 4.27. The second-order valence-corrected chi connectivity index (χ2v) is 6.22. The summed E-state index contributed by atoms with van der Waals surface area (Å²) in [6, 6.07) is 18.8. The summed E-state index contributed by atoms with van der Waals surface area (Å²) >= 11 is 0. The number of benzene rings is 2. The minimum absolute atomic E-state index is 0.768. The number of hydrogen-bond donors (Lipinski definition) is 2. The van der Waals surface area contributed by atoms with Crippen LogP contribution in [0.1, 0.15) is 19.3 Å². The van der Waals surface area contributed by atoms with Crippen LogP contribution in [0.2, 0.25) is 0 Å². The Labute approximate surface area is 159 Å². The van der Waals surface area contributed by atoms with Gasteiger partial charge in [-0.1, -0.05) is 55.0 Å². The standard InChI is InChI=1S/C19H23NO.C2H2O4/c1-3-9-17(10-4-1)18-11-5-6-12-19(18)21-16-15-20-13-7-2-8-14-20;3-1(4)2(5)6/h1,3-6,9-12H,2,7-8,13-16H2;(H,3,4)(H,5,6). The van der Waals surface area contributed by atoms with Crippen LogP contribution in [-0.4, -0.2) is 53.3 Å². The van der Waals surface area contributed by atoms with Crippen LogP contribution < -0.4 is 4.74 Å². The van der Waals surface area contributed by atoms with Gasteiger partial charge in [0.15, 0.2) is 0 Å². The molecule has 0 spiro atoms. The van der Waals surface area contributed by atoms with E-state index in [9.17, 15) is 0 Å². The van der Waals surface area contributed by atoms with E-state index in [1.807, 2.05) is 12.1 Å². The Hall–Kier alpha value is -2.86. The molecule has 1 heterocycles. The molecule has 0 aromatic heterocycles. The van der Waals surface area contributed by atoms with E-state index in [0.29, 0.717) is 0 Å². The topological polar surface area (TPSA) is 87.1 Å². The van der Waals surface area contributed by atoms with Gasteiger partial charge in [0.1, 0.15) is 12.4 Å². The molecule has 0 amide bonds. The number of carboxylic acid groups (broad SMARTS) is 2. The van der Waals surface area contributed by atoms with Crippen LogP contribution in [0.3, 0.4) is 0 Å². The maximum absolute atomic E-state index is 9.10. The molecule has 0 unspecified atom stereocenters. The highest BCUT2D eigenvalue weighted by Gasteiger charge is 2.10. The predicted octanol–water partition coefficient (Wildman–Crippen LogP) is 3.37. The summed E-state index contributed by atoms with van der Waals surface area (Å²) < 4.78 is 6.05. The molecule has 0 bridgehead atoms. The summed E-state index contributed by atoms with van der Waals surface area (Å²) in [6.07, 6.45) is 4.05. The number of piperidine rings is 1. The average Bonchev–Trinajstić information content (AvgIpc) is 2.70. The zero-order valence-corrected chi connectivity index (χ0v) is 15.2. The fourth-order valence-corrected chi connectivity index (χ4v) is 2.92. The van der Waals surface area contributed by atoms with Crippen LogP contribution in [0, 0.1) is 0 Å². The van der Waals surface area contributed by atoms with E-state index in [-0.39, 0.29) is 0 Å². The maximum Gasteiger partial charge on any atom is 0.414 e. The Morgan fingerprint density at radius 1 is 0.852 bits per heavy atom. The monoisotopic (exact) mass is 371 g/mol. The molecule has 1 fully saturated rings. The molecule has 0 saturated carbocycles. The lowest BCUT2D eigenvalue weighted by atomic mass is 10.1. The van der Waals surface area contributed by atoms with Gasteiger partial charge in [0.25, 0.3) is 0 Å². The van der Waals surface area contributed by atoms with E-state index in [1.54, 1.807) is 0 Å². The normalized spacial score (nSPS) is 13.9. The number of para-hydroxylation sites is 1. The van der Waals surface area contributed by atoms with Gasteiger partial charge in [0, 0.05) is 12.1 Å². The van der Waals surface area contributed by atoms with Crippen molar-refractivity contribution in [3.63, 3.8) is 0 Å². The first-order valence-corrected chi connectivity index (χ1v) is 9.03. The Morgan fingerprint density at radius 3 is 2.07 bits per heavy atom. The molecule has 0 aliphatic carbocycles. The van der Waals surface area contributed by atoms with Crippen LogP contribution in [0.25, 0.3) is 11.1 Å². The minimum Gasteiger partial charge on any atom is -0.492 e. The minimum atomic E-state index is -1.82. The molecule has 1 saturated heterocycles. The largest absolute Gasteiger partial charge is 0.492 e. The first kappa shape index (κ1) is 20.5. The molecule has 6 heteroatoms. The van der Waals surface area contributed by atoms with Crippen molar-refractivity contribution in [1.82, 2.24) is 4.90 Å². The highest BCUT2D eigenvalue weighted by molar-refractivity contribution is 6.27. The van der Waals surface area contributed by atoms with Gasteiger partial charge in [-0.3, -0.25) is 4.90 Å². The van der Waals surface area contributed by atoms with E-state index in [2.05, 4.69) is 47.4 Å². The third-order valence-electron chi connectivity index (χ3n) is 4.27. The lowest BCUT2D eigenvalue weighted by Gasteiger charge is -2.26. The van der Waals surface area contributed by atoms with Crippen molar-refractivity contribution in [2.45, 2.75) is 19.3 Å². The first-order chi connectivity index (χ1) is 13.1. The highest BCUT2D eigenvalue weighted by atomic mass is 16.5. The summed E-state index contributed by atoms with van der Waals surface area (Å²) in [5.74, 6) is -2.66. The molecule has 0 atom stereocenters. The number of likely N-dealkylation sites (tertiary alicyclic amines) is 1. The molecule has 2 aromatic carbocycles. The third kappa shape index (κ3) is 7.11. The fourth-order valence-electron chi connectivity index (χ4n) is 2.92. The highest BCUT2D eigenvalue weighted by Crippen LogP contribution is 2.29. The van der Waals surface area contributed by atoms with E-state index < -0.39 is 11.9 Å². The summed E-state index contributed by atoms with van der Waals surface area (Å²) in [5.41, 5.74) is 2.39. The molecule has 1 aliphatic rings. The van der Waals surface area contributed by atoms with Crippen molar-refractivity contribution in [1.29, 1.82) is 0 Å². The summed E-state index contributed by atoms with van der Waals surface area (Å²) in [7, 11) is 0. The number of ether oxygens (including phenoxy) is 1. The summed E-state index contributed by atoms with van der Waals surface area (Å²) in [5, 5.41) is 14.8. The number of carbonyl (C=O) groups is 2. The van der Waals surface area contributed by atoms with E-state index in [0.717, 1.165) is 18.9 Å². The van der Waals surface area contributed by atoms with Crippen molar-refractivity contribution >= 4 is 11.9 Å². The molecular weight excluding hydrogens is 346 g/mol. The molecular formula is C21H25NO5. The Morgan fingerprint density at radius 2 is 1.44 bits per heavy atom. The Kier molecular flexibility index (Phi) is 8.32. The van der Waals surface area contributed by atoms with E-state index in [4.69, 9.17) is 24.5 Å². The number of hydrogen-bond acceptors (Lipinski definition) is 4. The lowest BCUT2D eigenvalue weighted by molar-refractivity contribution is -0.159. The van der Waals surface area contributed by atoms with Crippen molar-refractivity contribution in [3.8, 4) is 16.9 Å². The number of rotatable bonds is 5. The Balaban J connectivity index is 0.000000380. The van der Waals surface area contributed by atoms with Gasteiger partial charge in [-0.2, -0.15) is 0 Å². The van der Waals surface area contributed by atoms with E-state index >= 15 is 0 Å². The Bertz CT molecular complexity index is 714. The second kappa shape index (κ2) is 11.0. The molecule has 27 heavy (non-hydrogen) atoms. The molecule has 144 valence electrons. The van der Waals surface area contributed by atoms with Crippen molar-refractivity contribution in [2.75, 3.05) is 26.2 Å². The van der Waals surface area contributed by atoms with Gasteiger partial charge in [0.05, 0.1) is 0 Å². The summed E-state index contributed by atoms with van der Waals surface area (Å²) in [6.45, 7) is 4.25. The van der Waals surface area contributed by atoms with Crippen LogP contribution in [-0.2, 0) is 9.59 Å². The molecule has 6 nitrogen and oxygen atoms in total. The molecule has 2 N–H and O–H groups in total. The average molecular weight is 371 g/mol. The summed E-state index contributed by atoms with van der Waals surface area (Å²) in [4.78, 5) is 20.7. The second-order valence-electron chi connectivity index (χ2n) is 6.22. The predicted molar refractivity (Wildman–Crippen MR) is 103 cm³/mol. The van der Waals surface area contributed by atoms with E-state index in [1.165, 1.54) is 43.5 Å². The van der Waals surface area contributed by atoms with Gasteiger partial charge in [-0.25, -0.2) is 9.59 Å². The number of aliphatic carboxylic acids is 2. The molecule has 1 aliphatic heterocycles. The molecule has 0 radical (unpaired) electrons. The van der Waals surface area contributed by atoms with Crippen molar-refractivity contribution in [3.05, 3.63) is 54.6 Å². The van der Waals surface area contributed by atoms with Crippen LogP contribution in [0.15, 0.2) is 54.6 Å². The van der Waals surface area contributed by atoms with Crippen LogP contribution >= 0.6 is 0 Å². The number of carboxylic acids is 2. The molecule has 2 aromatic rings. The van der Waals surface area contributed by atoms with Gasteiger partial charge >= 0.3 is 11.9 Å². The quantitative estimate of drug-likeness (QED) is 0.784. The zero-order valence-electron chi connectivity index (χ0n) is 15.2. The molecule has 3 rings (SSSR count). The van der Waals surface area contributed by atoms with Gasteiger partial charge in [-0.15, -0.1) is 0 Å². The van der Waals surface area contributed by atoms with Gasteiger partial charge in [0.2, 0.25) is 0 Å². The lowest BCUT2D eigenvalue weighted by Crippen LogP contribution is -2.33. The van der Waals surface area contributed by atoms with Crippen molar-refractivity contribution in [2.24, 2.45) is 0 Å². The van der Waals surface area contributed by atoms with Crippen LogP contribution in [0.5, 0.6) is 5.75 Å². The number of nitrogens with zero attached hydrogens (tertiary/aromatic N) is 1. The van der Waals surface area contributed by atoms with Gasteiger partial charge in [-0.05, 0) is 37.6 Å². The first-order valence-electron chi connectivity index (χ1n) is 9.03. The fraction of sp³-hybridized carbons (Fsp3) is 0.333. The zero-order chi connectivity index (χ0) is 19.5. The van der Waals surface area contributed by atoms with Gasteiger partial charge < -0.3 is 14.9 Å². The maximum atomic E-state index is 9.10.